The lowest BCUT2D eigenvalue weighted by Gasteiger charge is -2.31. The second-order valence-corrected chi connectivity index (χ2v) is 30.0. The highest BCUT2D eigenvalue weighted by molar-refractivity contribution is 5.25. The van der Waals surface area contributed by atoms with Crippen LogP contribution in [-0.2, 0) is 104 Å². The Bertz CT molecular complexity index is 2850. The molecule has 0 amide bonds. The van der Waals surface area contributed by atoms with E-state index in [0.29, 0.717) is 168 Å². The van der Waals surface area contributed by atoms with Crippen LogP contribution < -0.4 is 0 Å². The predicted molar refractivity (Wildman–Crippen MR) is 421 cm³/mol. The third kappa shape index (κ3) is 28.8. The SMILES string of the molecule is C1=CCCC2(CC1)OCC=CCO2.C1=CCOC(CC2CC3C=CC2C3)OC1.C1=CCOC(CC2OCC=CCO2)OC1.C1=CCOC(OC2C=CC3C4C=CC(C4)C23)OC1.C1=CCOC(OC2CC3C=CC2C3)OC1.C1=CCOC2(CC1)OCC=CCO2.C1=CCOC2(CC1)OCC=CCO2.C=CCC1OCC=CCO1. The van der Waals surface area contributed by atoms with Crippen molar-refractivity contribution in [3.63, 3.8) is 0 Å². The fourth-order valence-electron chi connectivity index (χ4n) is 16.4. The second kappa shape index (κ2) is 48.4. The average molecular weight is 1560 g/mol. The molecule has 11 heterocycles. The van der Waals surface area contributed by atoms with Crippen molar-refractivity contribution in [1.82, 2.24) is 0 Å². The van der Waals surface area contributed by atoms with Crippen molar-refractivity contribution < 1.29 is 104 Å². The van der Waals surface area contributed by atoms with Gasteiger partial charge in [0.15, 0.2) is 30.9 Å². The standard InChI is InChI=1S/C15H18O3.C13H18O2.C12H16O3.C11H16O4.C11H16O2.2C10H14O3.C8H12O2/c1-2-8-17-15(16-7-1)18-13-6-5-12-10-3-4-11(9-10)14(12)13;1-2-6-15-13(14-5-1)9-12-8-10-3-4-11(12)7-10;1-2-6-14-12(13-5-1)15-11-8-9-3-4-10(11)7-9;1-2-6-13-10(12-5-1)9-11-14-7-3-4-8-15-11;1-2-4-8-11(7-3-1)12-9-5-6-10-13-11;2*1-2-6-10(11-7-3-1)12-8-4-5-9-13-10;1-2-5-8-9-6-3-4-7-10-8/h1-6,10-15H,7-9H2;1-4,10-13H,5-9H2;1-4,9-12H,5-8H2;1-4,10-11H,5-9H2;1-2,5-6H,3-4,7-10H2;2*1,3-5H,2,6-9H2;2-4,8H,1,5-7H2. The van der Waals surface area contributed by atoms with Gasteiger partial charge < -0.3 is 104 Å². The molecule has 3 spiro atoms. The van der Waals surface area contributed by atoms with E-state index in [1.54, 1.807) is 6.08 Å². The molecule has 22 heteroatoms. The van der Waals surface area contributed by atoms with Crippen LogP contribution in [0.4, 0.5) is 0 Å². The molecule has 616 valence electrons. The van der Waals surface area contributed by atoms with Gasteiger partial charge in [0, 0.05) is 56.8 Å². The Kier molecular flexibility index (Phi) is 37.2. The fraction of sp³-hybridized carbons (Fsp3) is 0.622. The van der Waals surface area contributed by atoms with Gasteiger partial charge in [-0.2, -0.15) is 0 Å². The van der Waals surface area contributed by atoms with E-state index in [0.717, 1.165) is 100 Å². The van der Waals surface area contributed by atoms with E-state index in [1.165, 1.54) is 25.7 Å². The van der Waals surface area contributed by atoms with Crippen LogP contribution >= 0.6 is 0 Å². The molecule has 19 rings (SSSR count). The van der Waals surface area contributed by atoms with Gasteiger partial charge in [0.25, 0.3) is 24.9 Å². The van der Waals surface area contributed by atoms with Crippen LogP contribution in [0.3, 0.4) is 0 Å². The van der Waals surface area contributed by atoms with Crippen LogP contribution in [-0.4, -0.2) is 200 Å². The Morgan fingerprint density at radius 1 is 0.295 bits per heavy atom. The summed E-state index contributed by atoms with van der Waals surface area (Å²) in [6.45, 7) is 14.8. The molecule has 0 aromatic carbocycles. The molecule has 6 bridgehead atoms. The van der Waals surface area contributed by atoms with Gasteiger partial charge in [-0.05, 0) is 99.2 Å². The first-order valence-corrected chi connectivity index (χ1v) is 41.3. The van der Waals surface area contributed by atoms with E-state index in [1.807, 2.05) is 122 Å². The predicted octanol–water partition coefficient (Wildman–Crippen LogP) is 15.0. The summed E-state index contributed by atoms with van der Waals surface area (Å²) in [6.07, 6.45) is 85.0. The number of allylic oxidation sites excluding steroid dienone is 10. The van der Waals surface area contributed by atoms with Crippen LogP contribution in [0.15, 0.2) is 207 Å². The van der Waals surface area contributed by atoms with Crippen LogP contribution in [0.2, 0.25) is 0 Å². The lowest BCUT2D eigenvalue weighted by Crippen LogP contribution is -2.38. The number of hydrogen-bond donors (Lipinski definition) is 0. The van der Waals surface area contributed by atoms with Gasteiger partial charge >= 0.3 is 0 Å². The van der Waals surface area contributed by atoms with E-state index >= 15 is 0 Å². The van der Waals surface area contributed by atoms with Crippen LogP contribution in [0.25, 0.3) is 0 Å². The van der Waals surface area contributed by atoms with E-state index in [4.69, 9.17) is 104 Å². The molecular formula is C90H124O22. The van der Waals surface area contributed by atoms with Gasteiger partial charge in [-0.1, -0.05) is 201 Å². The molecular weight excluding hydrogens is 1430 g/mol. The topological polar surface area (TPSA) is 203 Å². The number of hydrogen-bond acceptors (Lipinski definition) is 22. The van der Waals surface area contributed by atoms with Crippen molar-refractivity contribution in [2.75, 3.05) is 132 Å². The van der Waals surface area contributed by atoms with Gasteiger partial charge in [-0.3, -0.25) is 0 Å². The van der Waals surface area contributed by atoms with Crippen molar-refractivity contribution in [3.05, 3.63) is 207 Å². The second-order valence-electron chi connectivity index (χ2n) is 30.0. The molecule has 8 aliphatic carbocycles. The maximum absolute atomic E-state index is 5.99. The summed E-state index contributed by atoms with van der Waals surface area (Å²) >= 11 is 0. The first kappa shape index (κ1) is 86.1. The zero-order valence-corrected chi connectivity index (χ0v) is 65.5. The monoisotopic (exact) mass is 1560 g/mol. The lowest BCUT2D eigenvalue weighted by molar-refractivity contribution is -0.369. The highest BCUT2D eigenvalue weighted by Crippen LogP contribution is 2.54. The molecule has 3 saturated carbocycles. The molecule has 0 radical (unpaired) electrons. The molecule has 0 aromatic rings. The average Bonchev–Trinajstić information content (AvgIpc) is 1.59. The first-order chi connectivity index (χ1) is 55.4. The normalized spacial score (nSPS) is 32.6. The molecule has 0 N–H and O–H groups in total. The Labute approximate surface area is 664 Å². The van der Waals surface area contributed by atoms with E-state index in [2.05, 4.69) is 79.5 Å². The third-order valence-corrected chi connectivity index (χ3v) is 22.2. The maximum Gasteiger partial charge on any atom is 0.284 e. The molecule has 11 unspecified atom stereocenters. The summed E-state index contributed by atoms with van der Waals surface area (Å²) in [5.41, 5.74) is 0. The van der Waals surface area contributed by atoms with Crippen LogP contribution in [0.5, 0.6) is 0 Å². The number of ether oxygens (including phenoxy) is 22. The van der Waals surface area contributed by atoms with Crippen molar-refractivity contribution in [1.29, 1.82) is 0 Å². The third-order valence-electron chi connectivity index (χ3n) is 22.2. The Balaban J connectivity index is 0.000000119. The number of fused-ring (bicyclic) bond motifs is 9. The summed E-state index contributed by atoms with van der Waals surface area (Å²) in [4.78, 5) is 0. The van der Waals surface area contributed by atoms with Crippen molar-refractivity contribution >= 4 is 0 Å². The summed E-state index contributed by atoms with van der Waals surface area (Å²) in [5.74, 6) is 4.56. The molecule has 11 aliphatic heterocycles. The first-order valence-electron chi connectivity index (χ1n) is 41.3. The van der Waals surface area contributed by atoms with Gasteiger partial charge in [-0.15, -0.1) is 6.58 Å². The van der Waals surface area contributed by atoms with Crippen molar-refractivity contribution in [2.45, 2.75) is 171 Å². The largest absolute Gasteiger partial charge is 0.349 e. The summed E-state index contributed by atoms with van der Waals surface area (Å²) < 4.78 is 122. The highest BCUT2D eigenvalue weighted by atomic mass is 16.9. The summed E-state index contributed by atoms with van der Waals surface area (Å²) in [7, 11) is 0. The maximum atomic E-state index is 5.99. The zero-order chi connectivity index (χ0) is 76.7. The summed E-state index contributed by atoms with van der Waals surface area (Å²) in [5, 5.41) is 0. The quantitative estimate of drug-likeness (QED) is 0.187. The Morgan fingerprint density at radius 3 is 1.07 bits per heavy atom. The molecule has 112 heavy (non-hydrogen) atoms. The molecule has 0 saturated heterocycles. The van der Waals surface area contributed by atoms with Crippen LogP contribution in [0.1, 0.15) is 103 Å². The lowest BCUT2D eigenvalue weighted by atomic mass is 9.84. The van der Waals surface area contributed by atoms with Crippen LogP contribution in [0, 0.1) is 53.3 Å². The minimum absolute atomic E-state index is 0.0257. The molecule has 11 atom stereocenters. The zero-order valence-electron chi connectivity index (χ0n) is 65.5. The van der Waals surface area contributed by atoms with E-state index in [9.17, 15) is 0 Å². The number of rotatable bonds is 10. The van der Waals surface area contributed by atoms with Crippen molar-refractivity contribution in [2.24, 2.45) is 53.3 Å². The fourth-order valence-corrected chi connectivity index (χ4v) is 16.4. The van der Waals surface area contributed by atoms with E-state index < -0.39 is 24.9 Å². The van der Waals surface area contributed by atoms with Gasteiger partial charge in [0.2, 0.25) is 0 Å². The molecule has 3 fully saturated rings. The van der Waals surface area contributed by atoms with Gasteiger partial charge in [-0.25, -0.2) is 0 Å². The van der Waals surface area contributed by atoms with Gasteiger partial charge in [0.05, 0.1) is 144 Å². The Morgan fingerprint density at radius 2 is 0.652 bits per heavy atom. The molecule has 0 aromatic heterocycles. The van der Waals surface area contributed by atoms with Crippen molar-refractivity contribution in [3.8, 4) is 0 Å². The molecule has 22 nitrogen and oxygen atoms in total. The minimum atomic E-state index is -0.799. The molecule has 19 aliphatic rings. The van der Waals surface area contributed by atoms with Gasteiger partial charge in [0.1, 0.15) is 0 Å². The highest BCUT2D eigenvalue weighted by Gasteiger charge is 2.50. The Hall–Kier alpha value is -5.30. The minimum Gasteiger partial charge on any atom is -0.349 e. The van der Waals surface area contributed by atoms with E-state index in [-0.39, 0.29) is 37.1 Å². The summed E-state index contributed by atoms with van der Waals surface area (Å²) in [6, 6.07) is 0. The smallest absolute Gasteiger partial charge is 0.284 e.